The predicted octanol–water partition coefficient (Wildman–Crippen LogP) is 6.91. The summed E-state index contributed by atoms with van der Waals surface area (Å²) in [6, 6.07) is 0. The van der Waals surface area contributed by atoms with Crippen molar-refractivity contribution in [2.45, 2.75) is 142 Å². The normalized spacial score (nSPS) is 53.3. The lowest BCUT2D eigenvalue weighted by Crippen LogP contribution is -2.58. The first-order valence-corrected chi connectivity index (χ1v) is 16.2. The van der Waals surface area contributed by atoms with Gasteiger partial charge < -0.3 is 14.9 Å². The number of fused-ring (bicyclic) bond motifs is 7. The highest BCUT2D eigenvalue weighted by Gasteiger charge is 2.63. The maximum absolute atomic E-state index is 13.1. The van der Waals surface area contributed by atoms with Gasteiger partial charge in [0, 0.05) is 6.42 Å². The van der Waals surface area contributed by atoms with E-state index in [1.54, 1.807) is 0 Å². The van der Waals surface area contributed by atoms with Crippen LogP contribution in [0.2, 0.25) is 0 Å². The van der Waals surface area contributed by atoms with Crippen molar-refractivity contribution in [3.05, 3.63) is 0 Å². The van der Waals surface area contributed by atoms with Crippen molar-refractivity contribution in [1.29, 1.82) is 0 Å². The summed E-state index contributed by atoms with van der Waals surface area (Å²) >= 11 is 0. The SMILES string of the molecule is CC[C@]1(OC(=O)CC[C@@H](C)[C@H]2CC[C@H]3[C@@H]4CC[C@@H]5C[C@H](O)CC[C@]5(C)[C@H]4C[C@H](O)[C@]23C)C[C@H]2CC[C@@H]1C2. The van der Waals surface area contributed by atoms with Crippen LogP contribution in [0.25, 0.3) is 0 Å². The average molecular weight is 515 g/mol. The molecule has 6 rings (SSSR count). The standard InChI is InChI=1S/C33H54O4/c1-5-33(19-21-7-8-23(33)16-21)37-30(36)13-6-20(2)26-11-12-27-25-10-9-22-17-24(34)14-15-31(22,3)28(25)18-29(35)32(26,27)4/h20-29,34-35H,5-19H2,1-4H3/t20-,21+,22-,23-,24-,25+,26-,27+,28+,29+,31+,32-,33+/m1/s1. The molecule has 0 aliphatic heterocycles. The highest BCUT2D eigenvalue weighted by atomic mass is 16.6. The molecule has 0 aromatic rings. The molecule has 0 amide bonds. The van der Waals surface area contributed by atoms with Gasteiger partial charge in [-0.25, -0.2) is 0 Å². The molecule has 6 fully saturated rings. The van der Waals surface area contributed by atoms with Gasteiger partial charge in [-0.3, -0.25) is 4.79 Å². The second-order valence-electron chi connectivity index (χ2n) is 15.4. The van der Waals surface area contributed by atoms with Gasteiger partial charge in [0.25, 0.3) is 0 Å². The van der Waals surface area contributed by atoms with Crippen molar-refractivity contribution in [3.63, 3.8) is 0 Å². The molecular formula is C33H54O4. The van der Waals surface area contributed by atoms with Gasteiger partial charge >= 0.3 is 5.97 Å². The summed E-state index contributed by atoms with van der Waals surface area (Å²) in [5, 5.41) is 22.1. The van der Waals surface area contributed by atoms with Gasteiger partial charge in [0.15, 0.2) is 0 Å². The number of aliphatic hydroxyl groups excluding tert-OH is 2. The number of rotatable bonds is 6. The van der Waals surface area contributed by atoms with Crippen molar-refractivity contribution < 1.29 is 19.7 Å². The molecular weight excluding hydrogens is 460 g/mol. The molecule has 0 aromatic heterocycles. The Labute approximate surface area is 225 Å². The van der Waals surface area contributed by atoms with Gasteiger partial charge in [-0.1, -0.05) is 27.7 Å². The van der Waals surface area contributed by atoms with E-state index in [9.17, 15) is 15.0 Å². The van der Waals surface area contributed by atoms with Crippen LogP contribution < -0.4 is 0 Å². The molecule has 0 radical (unpaired) electrons. The van der Waals surface area contributed by atoms with Crippen LogP contribution in [0.5, 0.6) is 0 Å². The number of hydrogen-bond acceptors (Lipinski definition) is 4. The molecule has 0 unspecified atom stereocenters. The third-order valence-electron chi connectivity index (χ3n) is 14.1. The van der Waals surface area contributed by atoms with Gasteiger partial charge in [-0.2, -0.15) is 0 Å². The Bertz CT molecular complexity index is 872. The largest absolute Gasteiger partial charge is 0.459 e. The van der Waals surface area contributed by atoms with E-state index >= 15 is 0 Å². The smallest absolute Gasteiger partial charge is 0.306 e. The molecule has 2 bridgehead atoms. The van der Waals surface area contributed by atoms with Crippen molar-refractivity contribution in [2.24, 2.45) is 58.2 Å². The van der Waals surface area contributed by atoms with Crippen LogP contribution in [0.15, 0.2) is 0 Å². The summed E-state index contributed by atoms with van der Waals surface area (Å²) in [4.78, 5) is 13.1. The molecule has 6 aliphatic carbocycles. The summed E-state index contributed by atoms with van der Waals surface area (Å²) in [7, 11) is 0. The van der Waals surface area contributed by atoms with Gasteiger partial charge in [0.2, 0.25) is 0 Å². The van der Waals surface area contributed by atoms with Crippen LogP contribution in [0.3, 0.4) is 0 Å². The summed E-state index contributed by atoms with van der Waals surface area (Å²) in [5.74, 6) is 4.85. The zero-order valence-corrected chi connectivity index (χ0v) is 24.1. The minimum atomic E-state index is -0.250. The van der Waals surface area contributed by atoms with Crippen molar-refractivity contribution in [2.75, 3.05) is 0 Å². The van der Waals surface area contributed by atoms with Crippen LogP contribution in [0, 0.1) is 58.2 Å². The lowest BCUT2D eigenvalue weighted by Gasteiger charge is -2.62. The number of carbonyl (C=O) groups excluding carboxylic acids is 1. The second kappa shape index (κ2) is 9.50. The van der Waals surface area contributed by atoms with Crippen LogP contribution in [0.1, 0.15) is 124 Å². The van der Waals surface area contributed by atoms with E-state index in [0.29, 0.717) is 47.8 Å². The number of aliphatic hydroxyl groups is 2. The monoisotopic (exact) mass is 514 g/mol. The fourth-order valence-electron chi connectivity index (χ4n) is 12.0. The fraction of sp³-hybridized carbons (Fsp3) is 0.970. The van der Waals surface area contributed by atoms with E-state index in [0.717, 1.165) is 50.9 Å². The molecule has 13 atom stereocenters. The zero-order valence-electron chi connectivity index (χ0n) is 24.1. The van der Waals surface area contributed by atoms with E-state index in [2.05, 4.69) is 27.7 Å². The fourth-order valence-corrected chi connectivity index (χ4v) is 12.0. The Morgan fingerprint density at radius 2 is 1.73 bits per heavy atom. The Kier molecular flexibility index (Phi) is 6.83. The third-order valence-corrected chi connectivity index (χ3v) is 14.1. The quantitative estimate of drug-likeness (QED) is 0.378. The molecule has 2 N–H and O–H groups in total. The average Bonchev–Trinajstić information content (AvgIpc) is 3.57. The first-order chi connectivity index (χ1) is 17.6. The molecule has 0 heterocycles. The summed E-state index contributed by atoms with van der Waals surface area (Å²) in [5.41, 5.74) is 0.0797. The van der Waals surface area contributed by atoms with Gasteiger partial charge in [-0.15, -0.1) is 0 Å². The summed E-state index contributed by atoms with van der Waals surface area (Å²) in [6.45, 7) is 9.45. The zero-order chi connectivity index (χ0) is 26.2. The van der Waals surface area contributed by atoms with Crippen LogP contribution in [-0.4, -0.2) is 34.0 Å². The Hall–Kier alpha value is -0.610. The first kappa shape index (κ1) is 26.6. The number of hydrogen-bond donors (Lipinski definition) is 2. The van der Waals surface area contributed by atoms with Crippen molar-refractivity contribution in [1.82, 2.24) is 0 Å². The van der Waals surface area contributed by atoms with E-state index in [-0.39, 0.29) is 34.6 Å². The Morgan fingerprint density at radius 1 is 0.946 bits per heavy atom. The maximum Gasteiger partial charge on any atom is 0.306 e. The van der Waals surface area contributed by atoms with E-state index in [4.69, 9.17) is 4.74 Å². The Balaban J connectivity index is 1.10. The highest BCUT2D eigenvalue weighted by molar-refractivity contribution is 5.70. The highest BCUT2D eigenvalue weighted by Crippen LogP contribution is 2.68. The van der Waals surface area contributed by atoms with Gasteiger partial charge in [0.05, 0.1) is 12.2 Å². The third kappa shape index (κ3) is 4.08. The van der Waals surface area contributed by atoms with Gasteiger partial charge in [0.1, 0.15) is 5.60 Å². The van der Waals surface area contributed by atoms with Gasteiger partial charge in [-0.05, 0) is 148 Å². The molecule has 6 aliphatic rings. The van der Waals surface area contributed by atoms with Crippen molar-refractivity contribution in [3.8, 4) is 0 Å². The topological polar surface area (TPSA) is 66.8 Å². The Morgan fingerprint density at radius 3 is 2.43 bits per heavy atom. The molecule has 210 valence electrons. The molecule has 4 heteroatoms. The van der Waals surface area contributed by atoms with Crippen molar-refractivity contribution >= 4 is 5.97 Å². The lowest BCUT2D eigenvalue weighted by atomic mass is 9.43. The van der Waals surface area contributed by atoms with Crippen LogP contribution in [-0.2, 0) is 9.53 Å². The van der Waals surface area contributed by atoms with Crippen LogP contribution in [0.4, 0.5) is 0 Å². The van der Waals surface area contributed by atoms with E-state index in [1.165, 1.54) is 44.9 Å². The van der Waals surface area contributed by atoms with E-state index < -0.39 is 0 Å². The molecule has 6 saturated carbocycles. The predicted molar refractivity (Wildman–Crippen MR) is 146 cm³/mol. The van der Waals surface area contributed by atoms with Crippen LogP contribution >= 0.6 is 0 Å². The second-order valence-corrected chi connectivity index (χ2v) is 15.4. The summed E-state index contributed by atoms with van der Waals surface area (Å²) < 4.78 is 6.28. The molecule has 4 nitrogen and oxygen atoms in total. The number of carbonyl (C=O) groups is 1. The number of esters is 1. The minimum Gasteiger partial charge on any atom is -0.459 e. The maximum atomic E-state index is 13.1. The molecule has 0 saturated heterocycles. The minimum absolute atomic E-state index is 0.0240. The lowest BCUT2D eigenvalue weighted by molar-refractivity contribution is -0.175. The molecule has 37 heavy (non-hydrogen) atoms. The summed E-state index contributed by atoms with van der Waals surface area (Å²) in [6.07, 6.45) is 15.9. The van der Waals surface area contributed by atoms with E-state index in [1.807, 2.05) is 0 Å². The molecule has 0 aromatic carbocycles. The molecule has 0 spiro atoms. The first-order valence-electron chi connectivity index (χ1n) is 16.2. The number of ether oxygens (including phenoxy) is 1.